The fourth-order valence-corrected chi connectivity index (χ4v) is 1.80. The van der Waals surface area contributed by atoms with Crippen LogP contribution in [0.4, 0.5) is 0 Å². The van der Waals surface area contributed by atoms with E-state index in [0.717, 1.165) is 11.3 Å². The number of hydrogen-bond donors (Lipinski definition) is 1. The van der Waals surface area contributed by atoms with Crippen LogP contribution in [-0.4, -0.2) is 30.4 Å². The van der Waals surface area contributed by atoms with Crippen molar-refractivity contribution in [2.45, 2.75) is 0 Å². The fourth-order valence-electron chi connectivity index (χ4n) is 1.80. The Labute approximate surface area is 102 Å². The number of aromatic nitrogens is 4. The number of carbonyl (C=O) groups is 1. The number of fused-ring (bicyclic) bond motifs is 1. The molecule has 0 aromatic carbocycles. The van der Waals surface area contributed by atoms with Crippen molar-refractivity contribution in [2.24, 2.45) is 0 Å². The van der Waals surface area contributed by atoms with Crippen LogP contribution in [0.15, 0.2) is 43.1 Å². The van der Waals surface area contributed by atoms with Gasteiger partial charge in [-0.05, 0) is 18.2 Å². The summed E-state index contributed by atoms with van der Waals surface area (Å²) in [5.74, 6) is -1.09. The number of nitrogens with zero attached hydrogens (tertiary/aromatic N) is 4. The van der Waals surface area contributed by atoms with Crippen LogP contribution in [0.1, 0.15) is 10.5 Å². The Morgan fingerprint density at radius 1 is 1.22 bits per heavy atom. The molecule has 0 atom stereocenters. The second-order valence-electron chi connectivity index (χ2n) is 3.66. The van der Waals surface area contributed by atoms with E-state index < -0.39 is 5.97 Å². The highest BCUT2D eigenvalue weighted by Crippen LogP contribution is 2.19. The van der Waals surface area contributed by atoms with E-state index in [1.165, 1.54) is 6.33 Å². The van der Waals surface area contributed by atoms with Crippen molar-refractivity contribution in [1.82, 2.24) is 19.4 Å². The van der Waals surface area contributed by atoms with Crippen molar-refractivity contribution in [3.8, 4) is 11.3 Å². The molecule has 0 spiro atoms. The van der Waals surface area contributed by atoms with Crippen LogP contribution in [0.25, 0.3) is 16.9 Å². The summed E-state index contributed by atoms with van der Waals surface area (Å²) in [5.41, 5.74) is 1.94. The van der Waals surface area contributed by atoms with E-state index in [1.807, 2.05) is 12.1 Å². The quantitative estimate of drug-likeness (QED) is 0.734. The molecule has 1 N–H and O–H groups in total. The number of imidazole rings is 1. The van der Waals surface area contributed by atoms with E-state index in [-0.39, 0.29) is 5.69 Å². The second kappa shape index (κ2) is 3.92. The van der Waals surface area contributed by atoms with E-state index in [4.69, 9.17) is 5.11 Å². The maximum Gasteiger partial charge on any atom is 0.358 e. The van der Waals surface area contributed by atoms with Gasteiger partial charge < -0.3 is 5.11 Å². The maximum atomic E-state index is 11.0. The summed E-state index contributed by atoms with van der Waals surface area (Å²) >= 11 is 0. The monoisotopic (exact) mass is 240 g/mol. The van der Waals surface area contributed by atoms with E-state index in [0.29, 0.717) is 5.65 Å². The van der Waals surface area contributed by atoms with Crippen LogP contribution in [-0.2, 0) is 0 Å². The number of carboxylic acids is 1. The summed E-state index contributed by atoms with van der Waals surface area (Å²) in [6, 6.07) is 5.50. The van der Waals surface area contributed by atoms with Crippen LogP contribution in [0.5, 0.6) is 0 Å². The first-order chi connectivity index (χ1) is 8.77. The average Bonchev–Trinajstić information content (AvgIpc) is 2.83. The van der Waals surface area contributed by atoms with Crippen molar-refractivity contribution in [3.05, 3.63) is 48.8 Å². The summed E-state index contributed by atoms with van der Waals surface area (Å²) in [6.07, 6.45) is 6.40. The highest BCUT2D eigenvalue weighted by Gasteiger charge is 2.15. The lowest BCUT2D eigenvalue weighted by Crippen LogP contribution is -2.00. The molecule has 18 heavy (non-hydrogen) atoms. The lowest BCUT2D eigenvalue weighted by atomic mass is 10.2. The lowest BCUT2D eigenvalue weighted by molar-refractivity contribution is 0.0693. The molecule has 0 aliphatic carbocycles. The molecule has 6 heteroatoms. The van der Waals surface area contributed by atoms with Gasteiger partial charge in [0.2, 0.25) is 0 Å². The molecule has 0 radical (unpaired) electrons. The zero-order valence-corrected chi connectivity index (χ0v) is 9.19. The first-order valence-electron chi connectivity index (χ1n) is 5.23. The van der Waals surface area contributed by atoms with Gasteiger partial charge in [-0.25, -0.2) is 14.8 Å². The van der Waals surface area contributed by atoms with Gasteiger partial charge in [0.15, 0.2) is 11.3 Å². The van der Waals surface area contributed by atoms with E-state index in [2.05, 4.69) is 15.0 Å². The Morgan fingerprint density at radius 2 is 2.11 bits per heavy atom. The third-order valence-corrected chi connectivity index (χ3v) is 2.59. The molecule has 88 valence electrons. The Balaban J connectivity index is 2.29. The topological polar surface area (TPSA) is 80.4 Å². The molecule has 0 bridgehead atoms. The number of aromatic carboxylic acids is 1. The zero-order chi connectivity index (χ0) is 12.5. The lowest BCUT2D eigenvalue weighted by Gasteiger charge is -2.04. The molecule has 0 aliphatic rings. The summed E-state index contributed by atoms with van der Waals surface area (Å²) < 4.78 is 1.64. The van der Waals surface area contributed by atoms with Gasteiger partial charge in [-0.2, -0.15) is 0 Å². The molecule has 0 saturated heterocycles. The molecule has 0 amide bonds. The highest BCUT2D eigenvalue weighted by molar-refractivity contribution is 5.92. The average molecular weight is 240 g/mol. The van der Waals surface area contributed by atoms with Crippen molar-refractivity contribution >= 4 is 11.6 Å². The van der Waals surface area contributed by atoms with Gasteiger partial charge in [-0.15, -0.1) is 0 Å². The van der Waals surface area contributed by atoms with Crippen LogP contribution in [0.2, 0.25) is 0 Å². The molecule has 0 unspecified atom stereocenters. The predicted octanol–water partition coefficient (Wildman–Crippen LogP) is 1.49. The molecule has 3 heterocycles. The van der Waals surface area contributed by atoms with Gasteiger partial charge in [0.1, 0.15) is 6.33 Å². The summed E-state index contributed by atoms with van der Waals surface area (Å²) in [6.45, 7) is 0. The number of carboxylic acid groups (broad SMARTS) is 1. The fraction of sp³-hybridized carbons (Fsp3) is 0. The summed E-state index contributed by atoms with van der Waals surface area (Å²) in [5, 5.41) is 9.01. The van der Waals surface area contributed by atoms with Gasteiger partial charge in [0.05, 0.1) is 5.69 Å². The van der Waals surface area contributed by atoms with Crippen molar-refractivity contribution in [3.63, 3.8) is 0 Å². The molecule has 6 nitrogen and oxygen atoms in total. The number of hydrogen-bond acceptors (Lipinski definition) is 4. The zero-order valence-electron chi connectivity index (χ0n) is 9.19. The minimum atomic E-state index is -1.09. The molecule has 0 fully saturated rings. The van der Waals surface area contributed by atoms with Gasteiger partial charge in [-0.3, -0.25) is 9.38 Å². The standard InChI is InChI=1S/C12H8N4O2/c17-12(18)10-11-14-5-3-9(16(11)7-15-10)8-2-1-4-13-6-8/h1-7H,(H,17,18). The maximum absolute atomic E-state index is 11.0. The Kier molecular flexibility index (Phi) is 2.26. The Morgan fingerprint density at radius 3 is 2.83 bits per heavy atom. The van der Waals surface area contributed by atoms with Gasteiger partial charge in [0, 0.05) is 24.2 Å². The van der Waals surface area contributed by atoms with Crippen molar-refractivity contribution in [2.75, 3.05) is 0 Å². The SMILES string of the molecule is O=C(O)c1ncn2c(-c3cccnc3)ccnc12. The normalized spacial score (nSPS) is 10.7. The second-order valence-corrected chi connectivity index (χ2v) is 3.66. The molecule has 3 aromatic rings. The molecule has 3 aromatic heterocycles. The van der Waals surface area contributed by atoms with Crippen LogP contribution < -0.4 is 0 Å². The minimum absolute atomic E-state index is 0.0549. The minimum Gasteiger partial charge on any atom is -0.476 e. The predicted molar refractivity (Wildman–Crippen MR) is 63.2 cm³/mol. The third kappa shape index (κ3) is 1.51. The number of pyridine rings is 1. The number of rotatable bonds is 2. The summed E-state index contributed by atoms with van der Waals surface area (Å²) in [4.78, 5) is 22.9. The van der Waals surface area contributed by atoms with E-state index in [1.54, 1.807) is 29.1 Å². The highest BCUT2D eigenvalue weighted by atomic mass is 16.4. The van der Waals surface area contributed by atoms with Gasteiger partial charge in [-0.1, -0.05) is 0 Å². The van der Waals surface area contributed by atoms with Crippen molar-refractivity contribution in [1.29, 1.82) is 0 Å². The molecular weight excluding hydrogens is 232 g/mol. The van der Waals surface area contributed by atoms with Gasteiger partial charge >= 0.3 is 5.97 Å². The largest absolute Gasteiger partial charge is 0.476 e. The first kappa shape index (κ1) is 10.4. The van der Waals surface area contributed by atoms with Crippen LogP contribution in [0.3, 0.4) is 0 Å². The smallest absolute Gasteiger partial charge is 0.358 e. The van der Waals surface area contributed by atoms with Gasteiger partial charge in [0.25, 0.3) is 0 Å². The molecular formula is C12H8N4O2. The van der Waals surface area contributed by atoms with Crippen LogP contribution >= 0.6 is 0 Å². The molecule has 0 aliphatic heterocycles. The summed E-state index contributed by atoms with van der Waals surface area (Å²) in [7, 11) is 0. The Bertz CT molecular complexity index is 721. The molecule has 3 rings (SSSR count). The third-order valence-electron chi connectivity index (χ3n) is 2.59. The van der Waals surface area contributed by atoms with Crippen LogP contribution in [0, 0.1) is 0 Å². The van der Waals surface area contributed by atoms with Crippen molar-refractivity contribution < 1.29 is 9.90 Å². The van der Waals surface area contributed by atoms with E-state index >= 15 is 0 Å². The van der Waals surface area contributed by atoms with E-state index in [9.17, 15) is 4.79 Å². The Hall–Kier alpha value is -2.76. The molecule has 0 saturated carbocycles. The first-order valence-corrected chi connectivity index (χ1v) is 5.23.